The molecule has 0 aliphatic carbocycles. The van der Waals surface area contributed by atoms with Crippen molar-refractivity contribution in [2.24, 2.45) is 0 Å². The number of benzene rings is 2. The number of carbonyl (C=O) groups is 1. The minimum absolute atomic E-state index is 0.155. The van der Waals surface area contributed by atoms with Gasteiger partial charge in [-0.05, 0) is 50.2 Å². The van der Waals surface area contributed by atoms with Crippen LogP contribution in [0.3, 0.4) is 0 Å². The molecule has 2 aromatic carbocycles. The van der Waals surface area contributed by atoms with Gasteiger partial charge in [-0.25, -0.2) is 8.42 Å². The first-order valence-corrected chi connectivity index (χ1v) is 11.7. The number of morpholine rings is 1. The minimum atomic E-state index is -4.63. The van der Waals surface area contributed by atoms with Crippen LogP contribution in [0.4, 0.5) is 18.9 Å². The van der Waals surface area contributed by atoms with E-state index in [0.717, 1.165) is 22.5 Å². The first kappa shape index (κ1) is 24.8. The van der Waals surface area contributed by atoms with Crippen molar-refractivity contribution in [3.05, 3.63) is 72.3 Å². The summed E-state index contributed by atoms with van der Waals surface area (Å²) in [4.78, 5) is 14.4. The smallest absolute Gasteiger partial charge is 0.372 e. The van der Waals surface area contributed by atoms with Crippen LogP contribution in [0, 0.1) is 0 Å². The number of alkyl halides is 3. The molecule has 0 bridgehead atoms. The van der Waals surface area contributed by atoms with Gasteiger partial charge in [0.15, 0.2) is 0 Å². The number of hydrogen-bond donors (Lipinski definition) is 0. The van der Waals surface area contributed by atoms with Crippen LogP contribution in [0.5, 0.6) is 0 Å². The van der Waals surface area contributed by atoms with Gasteiger partial charge in [0.05, 0.1) is 34.9 Å². The van der Waals surface area contributed by atoms with Crippen LogP contribution in [0.2, 0.25) is 0 Å². The second-order valence-electron chi connectivity index (χ2n) is 7.87. The molecule has 1 amide bonds. The quantitative estimate of drug-likeness (QED) is 0.575. The standard InChI is InChI=1S/C23H25F3N2O4S/c1-4-11-28(20-9-6-8-19(13-20)23(24,25)26)33(30,31)21-10-5-7-18(12-21)22(29)27-14-16(2)32-17(3)15-27/h4-10,12-13,16-17H,1,11,14-15H2,2-3H3. The lowest BCUT2D eigenvalue weighted by atomic mass is 10.1. The maximum absolute atomic E-state index is 13.4. The van der Waals surface area contributed by atoms with E-state index in [0.29, 0.717) is 13.1 Å². The summed E-state index contributed by atoms with van der Waals surface area (Å²) in [6, 6.07) is 9.55. The van der Waals surface area contributed by atoms with Crippen molar-refractivity contribution in [1.29, 1.82) is 0 Å². The molecular weight excluding hydrogens is 457 g/mol. The first-order valence-electron chi connectivity index (χ1n) is 10.3. The number of amides is 1. The van der Waals surface area contributed by atoms with Crippen molar-refractivity contribution in [3.8, 4) is 0 Å². The topological polar surface area (TPSA) is 66.9 Å². The van der Waals surface area contributed by atoms with E-state index in [-0.39, 0.29) is 40.8 Å². The number of ether oxygens (including phenoxy) is 1. The number of rotatable bonds is 6. The van der Waals surface area contributed by atoms with Crippen molar-refractivity contribution in [2.45, 2.75) is 37.1 Å². The highest BCUT2D eigenvalue weighted by Gasteiger charge is 2.33. The number of sulfonamides is 1. The molecule has 10 heteroatoms. The Balaban J connectivity index is 1.97. The average molecular weight is 483 g/mol. The van der Waals surface area contributed by atoms with Crippen LogP contribution in [-0.2, 0) is 20.9 Å². The molecular formula is C23H25F3N2O4S. The van der Waals surface area contributed by atoms with Gasteiger partial charge >= 0.3 is 6.18 Å². The van der Waals surface area contributed by atoms with Crippen LogP contribution >= 0.6 is 0 Å². The van der Waals surface area contributed by atoms with Crippen molar-refractivity contribution in [2.75, 3.05) is 23.9 Å². The molecule has 178 valence electrons. The molecule has 1 fully saturated rings. The second kappa shape index (κ2) is 9.56. The third-order valence-electron chi connectivity index (χ3n) is 5.13. The van der Waals surface area contributed by atoms with Gasteiger partial charge in [0, 0.05) is 18.7 Å². The molecule has 3 rings (SSSR count). The summed E-state index contributed by atoms with van der Waals surface area (Å²) in [6.07, 6.45) is -3.66. The van der Waals surface area contributed by atoms with Gasteiger partial charge in [-0.3, -0.25) is 9.10 Å². The molecule has 1 aliphatic rings. The molecule has 0 radical (unpaired) electrons. The Morgan fingerprint density at radius 2 is 1.79 bits per heavy atom. The van der Waals surface area contributed by atoms with E-state index < -0.39 is 21.8 Å². The number of anilines is 1. The maximum atomic E-state index is 13.4. The molecule has 2 atom stereocenters. The molecule has 6 nitrogen and oxygen atoms in total. The van der Waals surface area contributed by atoms with Gasteiger partial charge in [0.2, 0.25) is 0 Å². The third kappa shape index (κ3) is 5.56. The Hall–Kier alpha value is -2.85. The maximum Gasteiger partial charge on any atom is 0.416 e. The van der Waals surface area contributed by atoms with E-state index in [2.05, 4.69) is 6.58 Å². The summed E-state index contributed by atoms with van der Waals surface area (Å²) in [5.74, 6) is -0.344. The zero-order chi connectivity index (χ0) is 24.4. The lowest BCUT2D eigenvalue weighted by Gasteiger charge is -2.35. The highest BCUT2D eigenvalue weighted by atomic mass is 32.2. The van der Waals surface area contributed by atoms with Crippen molar-refractivity contribution >= 4 is 21.6 Å². The lowest BCUT2D eigenvalue weighted by Crippen LogP contribution is -2.48. The zero-order valence-electron chi connectivity index (χ0n) is 18.2. The van der Waals surface area contributed by atoms with Gasteiger partial charge in [0.25, 0.3) is 15.9 Å². The highest BCUT2D eigenvalue weighted by Crippen LogP contribution is 2.33. The fraction of sp³-hybridized carbons (Fsp3) is 0.348. The molecule has 0 N–H and O–H groups in total. The summed E-state index contributed by atoms with van der Waals surface area (Å²) in [5, 5.41) is 0. The lowest BCUT2D eigenvalue weighted by molar-refractivity contribution is -0.137. The van der Waals surface area contributed by atoms with E-state index in [4.69, 9.17) is 4.74 Å². The molecule has 1 saturated heterocycles. The Morgan fingerprint density at radius 1 is 1.15 bits per heavy atom. The van der Waals surface area contributed by atoms with Gasteiger partial charge in [-0.15, -0.1) is 6.58 Å². The minimum Gasteiger partial charge on any atom is -0.372 e. The van der Waals surface area contributed by atoms with E-state index >= 15 is 0 Å². The number of hydrogen-bond acceptors (Lipinski definition) is 4. The monoisotopic (exact) mass is 482 g/mol. The Bertz CT molecular complexity index is 1120. The summed E-state index contributed by atoms with van der Waals surface area (Å²) < 4.78 is 72.8. The fourth-order valence-corrected chi connectivity index (χ4v) is 5.21. The second-order valence-corrected chi connectivity index (χ2v) is 9.73. The van der Waals surface area contributed by atoms with Crippen LogP contribution in [0.15, 0.2) is 66.1 Å². The molecule has 0 spiro atoms. The SMILES string of the molecule is C=CCN(c1cccc(C(F)(F)F)c1)S(=O)(=O)c1cccc(C(=O)N2CC(C)OC(C)C2)c1. The summed E-state index contributed by atoms with van der Waals surface area (Å²) >= 11 is 0. The van der Waals surface area contributed by atoms with Gasteiger partial charge in [-0.2, -0.15) is 13.2 Å². The number of carbonyl (C=O) groups excluding carboxylic acids is 1. The largest absolute Gasteiger partial charge is 0.416 e. The van der Waals surface area contributed by atoms with Crippen LogP contribution < -0.4 is 4.31 Å². The molecule has 0 aromatic heterocycles. The van der Waals surface area contributed by atoms with E-state index in [9.17, 15) is 26.4 Å². The molecule has 2 unspecified atom stereocenters. The molecule has 33 heavy (non-hydrogen) atoms. The van der Waals surface area contributed by atoms with Gasteiger partial charge in [-0.1, -0.05) is 18.2 Å². The predicted molar refractivity (Wildman–Crippen MR) is 119 cm³/mol. The van der Waals surface area contributed by atoms with Gasteiger partial charge < -0.3 is 9.64 Å². The van der Waals surface area contributed by atoms with Crippen molar-refractivity contribution < 1.29 is 31.1 Å². The fourth-order valence-electron chi connectivity index (χ4n) is 3.74. The third-order valence-corrected chi connectivity index (χ3v) is 6.92. The Morgan fingerprint density at radius 3 is 2.39 bits per heavy atom. The number of halogens is 3. The Labute approximate surface area is 191 Å². The summed E-state index contributed by atoms with van der Waals surface area (Å²) in [5.41, 5.74) is -0.957. The summed E-state index contributed by atoms with van der Waals surface area (Å²) in [7, 11) is -4.29. The zero-order valence-corrected chi connectivity index (χ0v) is 19.1. The highest BCUT2D eigenvalue weighted by molar-refractivity contribution is 7.92. The van der Waals surface area contributed by atoms with Crippen molar-refractivity contribution in [3.63, 3.8) is 0 Å². The van der Waals surface area contributed by atoms with Crippen LogP contribution in [0.1, 0.15) is 29.8 Å². The van der Waals surface area contributed by atoms with Crippen LogP contribution in [-0.4, -0.2) is 51.1 Å². The molecule has 1 aliphatic heterocycles. The summed E-state index contributed by atoms with van der Waals surface area (Å²) in [6.45, 7) is 7.70. The first-order chi connectivity index (χ1) is 15.4. The molecule has 0 saturated carbocycles. The average Bonchev–Trinajstić information content (AvgIpc) is 2.75. The molecule has 1 heterocycles. The Kier molecular flexibility index (Phi) is 7.18. The van der Waals surface area contributed by atoms with Gasteiger partial charge in [0.1, 0.15) is 0 Å². The van der Waals surface area contributed by atoms with Crippen LogP contribution in [0.25, 0.3) is 0 Å². The van der Waals surface area contributed by atoms with E-state index in [1.807, 2.05) is 13.8 Å². The normalized spacial score (nSPS) is 19.2. The molecule has 2 aromatic rings. The number of nitrogens with zero attached hydrogens (tertiary/aromatic N) is 2. The van der Waals surface area contributed by atoms with Crippen molar-refractivity contribution in [1.82, 2.24) is 4.90 Å². The van der Waals surface area contributed by atoms with E-state index in [1.54, 1.807) is 4.90 Å². The van der Waals surface area contributed by atoms with E-state index in [1.165, 1.54) is 36.4 Å². The predicted octanol–water partition coefficient (Wildman–Crippen LogP) is 4.34.